The van der Waals surface area contributed by atoms with Crippen LogP contribution in [0.2, 0.25) is 0 Å². The Hall–Kier alpha value is -0.880. The van der Waals surface area contributed by atoms with Crippen LogP contribution in [0.25, 0.3) is 0 Å². The lowest BCUT2D eigenvalue weighted by molar-refractivity contribution is 0.404. The zero-order valence-corrected chi connectivity index (χ0v) is 12.9. The van der Waals surface area contributed by atoms with Gasteiger partial charge in [-0.15, -0.1) is 23.7 Å². The van der Waals surface area contributed by atoms with E-state index in [0.29, 0.717) is 0 Å². The zero-order chi connectivity index (χ0) is 13.8. The van der Waals surface area contributed by atoms with E-state index in [4.69, 9.17) is 0 Å². The summed E-state index contributed by atoms with van der Waals surface area (Å²) < 4.78 is 0. The smallest absolute Gasteiger partial charge is 0.0120 e. The molecular formula is C19H30. The second kappa shape index (κ2) is 11.0. The lowest BCUT2D eigenvalue weighted by Gasteiger charge is -2.13. The molecule has 106 valence electrons. The number of hydrogen-bond acceptors (Lipinski definition) is 0. The molecule has 1 aliphatic rings. The van der Waals surface area contributed by atoms with Gasteiger partial charge in [-0.05, 0) is 37.5 Å². The van der Waals surface area contributed by atoms with Crippen molar-refractivity contribution in [3.05, 3.63) is 0 Å². The van der Waals surface area contributed by atoms with Crippen LogP contribution in [0.5, 0.6) is 0 Å². The van der Waals surface area contributed by atoms with Gasteiger partial charge in [-0.2, -0.15) is 0 Å². The molecule has 0 unspecified atom stereocenters. The van der Waals surface area contributed by atoms with Gasteiger partial charge in [0.15, 0.2) is 0 Å². The zero-order valence-electron chi connectivity index (χ0n) is 12.9. The molecule has 0 spiro atoms. The first-order valence-corrected chi connectivity index (χ1v) is 8.29. The molecule has 0 heteroatoms. The van der Waals surface area contributed by atoms with E-state index in [1.165, 1.54) is 44.9 Å². The van der Waals surface area contributed by atoms with Gasteiger partial charge in [0.2, 0.25) is 0 Å². The van der Waals surface area contributed by atoms with Crippen molar-refractivity contribution in [2.75, 3.05) is 0 Å². The minimum atomic E-state index is 0.828. The summed E-state index contributed by atoms with van der Waals surface area (Å²) in [5.74, 6) is 15.1. The fourth-order valence-corrected chi connectivity index (χ4v) is 2.76. The highest BCUT2D eigenvalue weighted by Crippen LogP contribution is 2.35. The van der Waals surface area contributed by atoms with Crippen LogP contribution < -0.4 is 0 Å². The molecule has 0 N–H and O–H groups in total. The van der Waals surface area contributed by atoms with Crippen molar-refractivity contribution < 1.29 is 0 Å². The highest BCUT2D eigenvalue weighted by Gasteiger charge is 2.25. The molecule has 0 saturated heterocycles. The van der Waals surface area contributed by atoms with Crippen molar-refractivity contribution in [3.8, 4) is 23.7 Å². The number of unbranched alkanes of at least 4 members (excludes halogenated alkanes) is 4. The molecule has 0 aromatic heterocycles. The van der Waals surface area contributed by atoms with Crippen LogP contribution in [-0.2, 0) is 0 Å². The van der Waals surface area contributed by atoms with Crippen LogP contribution in [-0.4, -0.2) is 0 Å². The quantitative estimate of drug-likeness (QED) is 0.431. The molecule has 0 nitrogen and oxygen atoms in total. The first-order valence-electron chi connectivity index (χ1n) is 8.29. The highest BCUT2D eigenvalue weighted by molar-refractivity contribution is 5.05. The predicted molar refractivity (Wildman–Crippen MR) is 84.7 cm³/mol. The van der Waals surface area contributed by atoms with Crippen LogP contribution in [0, 0.1) is 35.5 Å². The summed E-state index contributed by atoms with van der Waals surface area (Å²) in [4.78, 5) is 0. The summed E-state index contributed by atoms with van der Waals surface area (Å²) in [6.07, 6.45) is 13.6. The van der Waals surface area contributed by atoms with Gasteiger partial charge in [0.25, 0.3) is 0 Å². The lowest BCUT2D eigenvalue weighted by atomic mass is 9.90. The van der Waals surface area contributed by atoms with Crippen LogP contribution in [0.15, 0.2) is 0 Å². The van der Waals surface area contributed by atoms with E-state index >= 15 is 0 Å². The molecule has 0 heterocycles. The molecule has 0 aromatic carbocycles. The number of hydrogen-bond donors (Lipinski definition) is 0. The minimum absolute atomic E-state index is 0.828. The maximum atomic E-state index is 3.40. The van der Waals surface area contributed by atoms with Gasteiger partial charge in [0.1, 0.15) is 0 Å². The third kappa shape index (κ3) is 7.32. The molecule has 0 aliphatic heterocycles. The summed E-state index contributed by atoms with van der Waals surface area (Å²) in [6, 6.07) is 0. The van der Waals surface area contributed by atoms with Gasteiger partial charge >= 0.3 is 0 Å². The Bertz CT molecular complexity index is 297. The third-order valence-electron chi connectivity index (χ3n) is 4.11. The summed E-state index contributed by atoms with van der Waals surface area (Å²) in [5, 5.41) is 0. The Morgan fingerprint density at radius 3 is 1.63 bits per heavy atom. The standard InChI is InChI=1S/C19H30/c1-3-5-7-9-11-14-18-16-13-17-19(18)15-12-10-8-6-4-2/h18-19H,3-8,13-17H2,1-2H3/t18-,19-/m1/s1. The number of rotatable bonds is 6. The largest absolute Gasteiger partial charge is 0.103 e. The molecule has 0 amide bonds. The maximum absolute atomic E-state index is 3.40. The molecule has 0 radical (unpaired) electrons. The fourth-order valence-electron chi connectivity index (χ4n) is 2.76. The van der Waals surface area contributed by atoms with Gasteiger partial charge in [0, 0.05) is 25.7 Å². The van der Waals surface area contributed by atoms with Crippen LogP contribution in [0.3, 0.4) is 0 Å². The summed E-state index contributed by atoms with van der Waals surface area (Å²) in [7, 11) is 0. The molecule has 1 fully saturated rings. The normalized spacial score (nSPS) is 21.4. The van der Waals surface area contributed by atoms with Crippen molar-refractivity contribution in [1.29, 1.82) is 0 Å². The topological polar surface area (TPSA) is 0 Å². The minimum Gasteiger partial charge on any atom is -0.103 e. The van der Waals surface area contributed by atoms with E-state index in [-0.39, 0.29) is 0 Å². The van der Waals surface area contributed by atoms with Crippen molar-refractivity contribution in [2.24, 2.45) is 11.8 Å². The van der Waals surface area contributed by atoms with E-state index in [9.17, 15) is 0 Å². The van der Waals surface area contributed by atoms with Gasteiger partial charge in [-0.1, -0.05) is 33.1 Å². The van der Waals surface area contributed by atoms with Gasteiger partial charge < -0.3 is 0 Å². The highest BCUT2D eigenvalue weighted by atomic mass is 14.3. The molecule has 2 atom stereocenters. The molecule has 1 rings (SSSR count). The van der Waals surface area contributed by atoms with Gasteiger partial charge in [-0.25, -0.2) is 0 Å². The first-order chi connectivity index (χ1) is 9.38. The average Bonchev–Trinajstić information content (AvgIpc) is 2.86. The Balaban J connectivity index is 2.24. The monoisotopic (exact) mass is 258 g/mol. The fraction of sp³-hybridized carbons (Fsp3) is 0.789. The summed E-state index contributed by atoms with van der Waals surface area (Å²) in [5.41, 5.74) is 0. The second-order valence-corrected chi connectivity index (χ2v) is 5.77. The van der Waals surface area contributed by atoms with Crippen LogP contribution in [0.1, 0.15) is 84.5 Å². The van der Waals surface area contributed by atoms with Crippen molar-refractivity contribution in [1.82, 2.24) is 0 Å². The molecular weight excluding hydrogens is 228 g/mol. The Labute approximate surface area is 120 Å². The van der Waals surface area contributed by atoms with E-state index in [1.54, 1.807) is 0 Å². The third-order valence-corrected chi connectivity index (χ3v) is 4.11. The summed E-state index contributed by atoms with van der Waals surface area (Å²) in [6.45, 7) is 4.46. The van der Waals surface area contributed by atoms with Crippen molar-refractivity contribution in [3.63, 3.8) is 0 Å². The molecule has 0 aromatic rings. The maximum Gasteiger partial charge on any atom is 0.0120 e. The van der Waals surface area contributed by atoms with Gasteiger partial charge in [0.05, 0.1) is 0 Å². The second-order valence-electron chi connectivity index (χ2n) is 5.77. The van der Waals surface area contributed by atoms with E-state index < -0.39 is 0 Å². The van der Waals surface area contributed by atoms with Crippen LogP contribution >= 0.6 is 0 Å². The average molecular weight is 258 g/mol. The predicted octanol–water partition coefficient (Wildman–Crippen LogP) is 5.57. The molecule has 0 bridgehead atoms. The Morgan fingerprint density at radius 1 is 0.737 bits per heavy atom. The van der Waals surface area contributed by atoms with Gasteiger partial charge in [-0.3, -0.25) is 0 Å². The van der Waals surface area contributed by atoms with E-state index in [1.807, 2.05) is 0 Å². The van der Waals surface area contributed by atoms with Crippen molar-refractivity contribution >= 4 is 0 Å². The Morgan fingerprint density at radius 2 is 1.21 bits per heavy atom. The summed E-state index contributed by atoms with van der Waals surface area (Å²) >= 11 is 0. The SMILES string of the molecule is CCCCC#CC[C@@H]1CCC[C@H]1CC#CCCCC. The molecule has 1 aliphatic carbocycles. The molecule has 1 saturated carbocycles. The van der Waals surface area contributed by atoms with Crippen molar-refractivity contribution in [2.45, 2.75) is 84.5 Å². The van der Waals surface area contributed by atoms with E-state index in [2.05, 4.69) is 37.5 Å². The molecule has 19 heavy (non-hydrogen) atoms. The van der Waals surface area contributed by atoms with Crippen LogP contribution in [0.4, 0.5) is 0 Å². The van der Waals surface area contributed by atoms with E-state index in [0.717, 1.165) is 37.5 Å². The first kappa shape index (κ1) is 16.2. The Kier molecular flexibility index (Phi) is 9.36. The lowest BCUT2D eigenvalue weighted by Crippen LogP contribution is -2.06.